The minimum Gasteiger partial charge on any atom is -0.379 e. The van der Waals surface area contributed by atoms with Gasteiger partial charge in [-0.3, -0.25) is 4.98 Å². The maximum atomic E-state index is 5.61. The highest BCUT2D eigenvalue weighted by atomic mass is 16.5. The van der Waals surface area contributed by atoms with Crippen molar-refractivity contribution in [3.8, 4) is 0 Å². The molecule has 0 spiro atoms. The van der Waals surface area contributed by atoms with Crippen LogP contribution in [0.2, 0.25) is 0 Å². The molecule has 1 saturated heterocycles. The van der Waals surface area contributed by atoms with E-state index in [9.17, 15) is 0 Å². The van der Waals surface area contributed by atoms with E-state index < -0.39 is 0 Å². The van der Waals surface area contributed by atoms with Gasteiger partial charge >= 0.3 is 0 Å². The van der Waals surface area contributed by atoms with Gasteiger partial charge in [-0.1, -0.05) is 0 Å². The van der Waals surface area contributed by atoms with Crippen LogP contribution in [0.5, 0.6) is 0 Å². The summed E-state index contributed by atoms with van der Waals surface area (Å²) in [5, 5.41) is 11.6. The van der Waals surface area contributed by atoms with Gasteiger partial charge in [0, 0.05) is 18.3 Å². The predicted molar refractivity (Wildman–Crippen MR) is 76.4 cm³/mol. The van der Waals surface area contributed by atoms with Crippen LogP contribution in [-0.4, -0.2) is 34.4 Å². The summed E-state index contributed by atoms with van der Waals surface area (Å²) in [7, 11) is 0. The molecule has 1 aliphatic heterocycles. The molecule has 0 radical (unpaired) electrons. The van der Waals surface area contributed by atoms with Crippen molar-refractivity contribution in [2.24, 2.45) is 5.92 Å². The second kappa shape index (κ2) is 5.96. The van der Waals surface area contributed by atoms with Crippen molar-refractivity contribution in [2.45, 2.75) is 19.4 Å². The fourth-order valence-corrected chi connectivity index (χ4v) is 2.45. The monoisotopic (exact) mass is 270 g/mol. The van der Waals surface area contributed by atoms with Crippen LogP contribution in [0.15, 0.2) is 36.7 Å². The topological polar surface area (TPSA) is 59.9 Å². The Bertz CT molecular complexity index is 544. The van der Waals surface area contributed by atoms with E-state index in [0.717, 1.165) is 24.5 Å². The Balaban J connectivity index is 1.65. The highest BCUT2D eigenvalue weighted by Gasteiger charge is 2.28. The average Bonchev–Trinajstić information content (AvgIpc) is 2.90. The molecule has 0 saturated carbocycles. The lowest BCUT2D eigenvalue weighted by atomic mass is 9.95. The summed E-state index contributed by atoms with van der Waals surface area (Å²) < 4.78 is 5.61. The molecule has 5 nitrogen and oxygen atoms in total. The van der Waals surface area contributed by atoms with Gasteiger partial charge in [0.1, 0.15) is 5.82 Å². The first kappa shape index (κ1) is 13.0. The van der Waals surface area contributed by atoms with E-state index in [1.165, 1.54) is 5.56 Å². The van der Waals surface area contributed by atoms with E-state index in [1.807, 2.05) is 31.5 Å². The molecule has 0 unspecified atom stereocenters. The summed E-state index contributed by atoms with van der Waals surface area (Å²) in [6, 6.07) is 8.31. The zero-order valence-corrected chi connectivity index (χ0v) is 11.5. The van der Waals surface area contributed by atoms with Crippen LogP contribution in [0, 0.1) is 12.8 Å². The minimum absolute atomic E-state index is 0.278. The van der Waals surface area contributed by atoms with Gasteiger partial charge in [0.25, 0.3) is 0 Å². The SMILES string of the molecule is Cc1ccc(N[C@H]2COC[C@H]2Cc2ccncc2)nn1. The number of aryl methyl sites for hydroxylation is 1. The summed E-state index contributed by atoms with van der Waals surface area (Å²) in [6.45, 7) is 3.42. The predicted octanol–water partition coefficient (Wildman–Crippen LogP) is 1.85. The molecule has 20 heavy (non-hydrogen) atoms. The highest BCUT2D eigenvalue weighted by molar-refractivity contribution is 5.35. The smallest absolute Gasteiger partial charge is 0.148 e. The minimum atomic E-state index is 0.278. The van der Waals surface area contributed by atoms with Gasteiger partial charge in [0.2, 0.25) is 0 Å². The van der Waals surface area contributed by atoms with E-state index >= 15 is 0 Å². The van der Waals surface area contributed by atoms with Gasteiger partial charge in [0.05, 0.1) is 24.9 Å². The maximum Gasteiger partial charge on any atom is 0.148 e. The van der Waals surface area contributed by atoms with Gasteiger partial charge in [-0.05, 0) is 43.2 Å². The molecule has 2 atom stereocenters. The molecule has 2 aromatic heterocycles. The molecule has 104 valence electrons. The zero-order chi connectivity index (χ0) is 13.8. The maximum absolute atomic E-state index is 5.61. The molecular weight excluding hydrogens is 252 g/mol. The van der Waals surface area contributed by atoms with Crippen molar-refractivity contribution in [1.82, 2.24) is 15.2 Å². The van der Waals surface area contributed by atoms with Crippen LogP contribution < -0.4 is 5.32 Å². The largest absolute Gasteiger partial charge is 0.379 e. The van der Waals surface area contributed by atoms with Gasteiger partial charge in [-0.2, -0.15) is 5.10 Å². The molecule has 0 bridgehead atoms. The summed E-state index contributed by atoms with van der Waals surface area (Å²) in [6.07, 6.45) is 4.65. The van der Waals surface area contributed by atoms with Crippen LogP contribution >= 0.6 is 0 Å². The Labute approximate surface area is 118 Å². The molecular formula is C15H18N4O. The van der Waals surface area contributed by atoms with Crippen molar-refractivity contribution < 1.29 is 4.74 Å². The summed E-state index contributed by atoms with van der Waals surface area (Å²) in [5.74, 6) is 1.26. The van der Waals surface area contributed by atoms with Crippen LogP contribution in [0.25, 0.3) is 0 Å². The lowest BCUT2D eigenvalue weighted by Crippen LogP contribution is -2.29. The number of aromatic nitrogens is 3. The lowest BCUT2D eigenvalue weighted by Gasteiger charge is -2.19. The molecule has 1 aliphatic rings. The van der Waals surface area contributed by atoms with Gasteiger partial charge in [-0.25, -0.2) is 0 Å². The van der Waals surface area contributed by atoms with E-state index in [-0.39, 0.29) is 6.04 Å². The molecule has 0 amide bonds. The third kappa shape index (κ3) is 3.11. The molecule has 1 fully saturated rings. The number of hydrogen-bond donors (Lipinski definition) is 1. The normalized spacial score (nSPS) is 21.9. The van der Waals surface area contributed by atoms with Crippen LogP contribution in [0.4, 0.5) is 5.82 Å². The first-order valence-corrected chi connectivity index (χ1v) is 6.85. The quantitative estimate of drug-likeness (QED) is 0.918. The first-order chi connectivity index (χ1) is 9.81. The number of hydrogen-bond acceptors (Lipinski definition) is 5. The molecule has 0 aromatic carbocycles. The Morgan fingerprint density at radius 2 is 2.00 bits per heavy atom. The van der Waals surface area contributed by atoms with E-state index in [1.54, 1.807) is 0 Å². The van der Waals surface area contributed by atoms with E-state index in [0.29, 0.717) is 12.5 Å². The van der Waals surface area contributed by atoms with Crippen molar-refractivity contribution in [3.63, 3.8) is 0 Å². The standard InChI is InChI=1S/C15H18N4O/c1-11-2-3-15(19-18-11)17-14-10-20-9-13(14)8-12-4-6-16-7-5-12/h2-7,13-14H,8-10H2,1H3,(H,17,19)/t13-,14+/m1/s1. The molecule has 5 heteroatoms. The van der Waals surface area contributed by atoms with E-state index in [2.05, 4.69) is 32.6 Å². The van der Waals surface area contributed by atoms with Crippen molar-refractivity contribution in [3.05, 3.63) is 47.9 Å². The zero-order valence-electron chi connectivity index (χ0n) is 11.5. The van der Waals surface area contributed by atoms with Crippen LogP contribution in [0.3, 0.4) is 0 Å². The third-order valence-electron chi connectivity index (χ3n) is 3.58. The Morgan fingerprint density at radius 3 is 2.75 bits per heavy atom. The van der Waals surface area contributed by atoms with Gasteiger partial charge in [0.15, 0.2) is 0 Å². The Morgan fingerprint density at radius 1 is 1.15 bits per heavy atom. The lowest BCUT2D eigenvalue weighted by molar-refractivity contribution is 0.185. The molecule has 0 aliphatic carbocycles. The van der Waals surface area contributed by atoms with Crippen molar-refractivity contribution >= 4 is 5.82 Å². The summed E-state index contributed by atoms with van der Waals surface area (Å²) in [5.41, 5.74) is 2.21. The van der Waals surface area contributed by atoms with Gasteiger partial charge in [-0.15, -0.1) is 5.10 Å². The number of nitrogens with one attached hydrogen (secondary N) is 1. The summed E-state index contributed by atoms with van der Waals surface area (Å²) in [4.78, 5) is 4.05. The van der Waals surface area contributed by atoms with Gasteiger partial charge < -0.3 is 10.1 Å². The highest BCUT2D eigenvalue weighted by Crippen LogP contribution is 2.21. The first-order valence-electron chi connectivity index (χ1n) is 6.85. The second-order valence-corrected chi connectivity index (χ2v) is 5.17. The molecule has 1 N–H and O–H groups in total. The Kier molecular flexibility index (Phi) is 3.87. The summed E-state index contributed by atoms with van der Waals surface area (Å²) >= 11 is 0. The molecule has 2 aromatic rings. The van der Waals surface area contributed by atoms with E-state index in [4.69, 9.17) is 4.74 Å². The third-order valence-corrected chi connectivity index (χ3v) is 3.58. The van der Waals surface area contributed by atoms with Crippen molar-refractivity contribution in [1.29, 1.82) is 0 Å². The number of rotatable bonds is 4. The van der Waals surface area contributed by atoms with Crippen LogP contribution in [-0.2, 0) is 11.2 Å². The fourth-order valence-electron chi connectivity index (χ4n) is 2.45. The number of pyridine rings is 1. The second-order valence-electron chi connectivity index (χ2n) is 5.17. The average molecular weight is 270 g/mol. The fraction of sp³-hybridized carbons (Fsp3) is 0.400. The Hall–Kier alpha value is -2.01. The molecule has 3 rings (SSSR count). The number of ether oxygens (including phenoxy) is 1. The number of nitrogens with zero attached hydrogens (tertiary/aromatic N) is 3. The number of anilines is 1. The molecule has 3 heterocycles. The van der Waals surface area contributed by atoms with Crippen LogP contribution in [0.1, 0.15) is 11.3 Å². The van der Waals surface area contributed by atoms with Crippen molar-refractivity contribution in [2.75, 3.05) is 18.5 Å².